The summed E-state index contributed by atoms with van der Waals surface area (Å²) in [5.41, 5.74) is -1.09. The lowest BCUT2D eigenvalue weighted by Crippen LogP contribution is -2.66. The normalized spacial score (nSPS) is 21.5. The van der Waals surface area contributed by atoms with Crippen molar-refractivity contribution >= 4 is 12.0 Å². The minimum absolute atomic E-state index is 0.0460. The van der Waals surface area contributed by atoms with Gasteiger partial charge in [0.1, 0.15) is 17.2 Å². The Morgan fingerprint density at radius 2 is 1.90 bits per heavy atom. The second-order valence-electron chi connectivity index (χ2n) is 12.2. The summed E-state index contributed by atoms with van der Waals surface area (Å²) < 4.78 is 50.7. The molecule has 5 atom stereocenters. The summed E-state index contributed by atoms with van der Waals surface area (Å²) in [4.78, 5) is 26.9. The highest BCUT2D eigenvalue weighted by Gasteiger charge is 2.46. The van der Waals surface area contributed by atoms with E-state index in [-0.39, 0.29) is 19.6 Å². The highest BCUT2D eigenvalue weighted by atomic mass is 19.1. The van der Waals surface area contributed by atoms with Gasteiger partial charge in [0.05, 0.1) is 50.7 Å². The molecule has 0 unspecified atom stereocenters. The lowest BCUT2D eigenvalue weighted by atomic mass is 9.93. The molecule has 2 rings (SSSR count). The molecule has 228 valence electrons. The topological polar surface area (TPSA) is 107 Å². The summed E-state index contributed by atoms with van der Waals surface area (Å²) in [6.07, 6.45) is -2.13. The number of rotatable bonds is 12. The SMILES string of the molecule is CCCOc1cc(F)cc(C[C@H](NC(C)=O)[C@H](O)[C@H]2CO[C@@H](OCC(C)(C)CF)[C@H](C)N2C(=O)OC(C)(C)C)c1. The van der Waals surface area contributed by atoms with Gasteiger partial charge in [-0.3, -0.25) is 14.1 Å². The molecule has 1 aliphatic rings. The lowest BCUT2D eigenvalue weighted by Gasteiger charge is -2.47. The van der Waals surface area contributed by atoms with Crippen LogP contribution in [0, 0.1) is 11.2 Å². The van der Waals surface area contributed by atoms with Crippen molar-refractivity contribution in [1.29, 1.82) is 0 Å². The zero-order valence-corrected chi connectivity index (χ0v) is 25.0. The van der Waals surface area contributed by atoms with Crippen LogP contribution in [0.2, 0.25) is 0 Å². The molecule has 0 aliphatic carbocycles. The summed E-state index contributed by atoms with van der Waals surface area (Å²) >= 11 is 0. The number of morpholine rings is 1. The smallest absolute Gasteiger partial charge is 0.411 e. The van der Waals surface area contributed by atoms with E-state index >= 15 is 0 Å². The fourth-order valence-corrected chi connectivity index (χ4v) is 4.34. The van der Waals surface area contributed by atoms with Crippen molar-refractivity contribution in [3.8, 4) is 5.75 Å². The Balaban J connectivity index is 2.37. The van der Waals surface area contributed by atoms with Crippen LogP contribution in [0.5, 0.6) is 5.75 Å². The van der Waals surface area contributed by atoms with Crippen LogP contribution < -0.4 is 10.1 Å². The van der Waals surface area contributed by atoms with Gasteiger partial charge in [0.15, 0.2) is 6.29 Å². The molecule has 0 radical (unpaired) electrons. The number of nitrogens with one attached hydrogen (secondary N) is 1. The van der Waals surface area contributed by atoms with Crippen LogP contribution in [0.4, 0.5) is 13.6 Å². The van der Waals surface area contributed by atoms with Crippen LogP contribution in [0.1, 0.15) is 67.4 Å². The minimum atomic E-state index is -1.33. The number of ether oxygens (including phenoxy) is 4. The standard InChI is InChI=1S/C29H46F2N2O7/c1-9-10-37-22-12-20(11-21(31)14-22)13-23(32-19(3)34)25(35)24-15-38-26(39-17-29(7,8)16-30)18(2)33(24)27(36)40-28(4,5)6/h11-12,14,18,23-26,35H,9-10,13,15-17H2,1-8H3,(H,32,34)/t18-,23-,24+,25-,26-/m0/s1. The van der Waals surface area contributed by atoms with Gasteiger partial charge < -0.3 is 29.4 Å². The number of hydrogen-bond donors (Lipinski definition) is 2. The third-order valence-electron chi connectivity index (χ3n) is 6.28. The number of alkyl halides is 1. The van der Waals surface area contributed by atoms with Crippen LogP contribution >= 0.6 is 0 Å². The summed E-state index contributed by atoms with van der Waals surface area (Å²) in [5.74, 6) is -0.582. The van der Waals surface area contributed by atoms with Gasteiger partial charge in [-0.25, -0.2) is 9.18 Å². The number of hydrogen-bond acceptors (Lipinski definition) is 7. The van der Waals surface area contributed by atoms with Crippen LogP contribution in [-0.2, 0) is 25.4 Å². The van der Waals surface area contributed by atoms with Crippen LogP contribution in [0.3, 0.4) is 0 Å². The van der Waals surface area contributed by atoms with Gasteiger partial charge in [0, 0.05) is 18.4 Å². The van der Waals surface area contributed by atoms with Crippen molar-refractivity contribution in [2.24, 2.45) is 5.41 Å². The summed E-state index contributed by atoms with van der Waals surface area (Å²) in [5, 5.41) is 14.3. The average Bonchev–Trinajstić information content (AvgIpc) is 2.84. The number of halogens is 2. The molecule has 9 nitrogen and oxygen atoms in total. The molecule has 11 heteroatoms. The molecular weight excluding hydrogens is 526 g/mol. The molecule has 1 aromatic rings. The van der Waals surface area contributed by atoms with E-state index in [0.717, 1.165) is 6.42 Å². The van der Waals surface area contributed by atoms with Crippen molar-refractivity contribution in [1.82, 2.24) is 10.2 Å². The van der Waals surface area contributed by atoms with E-state index in [9.17, 15) is 23.5 Å². The Hall–Kier alpha value is -2.50. The molecule has 40 heavy (non-hydrogen) atoms. The Morgan fingerprint density at radius 1 is 1.23 bits per heavy atom. The number of nitrogens with zero attached hydrogens (tertiary/aromatic N) is 1. The van der Waals surface area contributed by atoms with Crippen molar-refractivity contribution in [2.45, 2.75) is 104 Å². The first-order valence-corrected chi connectivity index (χ1v) is 13.7. The lowest BCUT2D eigenvalue weighted by molar-refractivity contribution is -0.234. The molecule has 0 saturated carbocycles. The van der Waals surface area contributed by atoms with Crippen molar-refractivity contribution in [3.05, 3.63) is 29.6 Å². The highest BCUT2D eigenvalue weighted by Crippen LogP contribution is 2.29. The summed E-state index contributed by atoms with van der Waals surface area (Å²) in [6, 6.07) is 1.66. The summed E-state index contributed by atoms with van der Waals surface area (Å²) in [6.45, 7) is 13.2. The molecule has 2 N–H and O–H groups in total. The second kappa shape index (κ2) is 14.4. The Kier molecular flexibility index (Phi) is 12.1. The first-order chi connectivity index (χ1) is 18.6. The minimum Gasteiger partial charge on any atom is -0.493 e. The number of carbonyl (C=O) groups is 2. The number of aliphatic hydroxyl groups is 1. The van der Waals surface area contributed by atoms with Gasteiger partial charge in [0.2, 0.25) is 5.91 Å². The van der Waals surface area contributed by atoms with Crippen LogP contribution in [0.15, 0.2) is 18.2 Å². The first-order valence-electron chi connectivity index (χ1n) is 13.7. The molecule has 2 amide bonds. The number of carbonyl (C=O) groups excluding carboxylic acids is 2. The molecule has 1 aliphatic heterocycles. The quantitative estimate of drug-likeness (QED) is 0.383. The molecule has 1 fully saturated rings. The average molecular weight is 573 g/mol. The predicted molar refractivity (Wildman–Crippen MR) is 146 cm³/mol. The first kappa shape index (κ1) is 33.7. The van der Waals surface area contributed by atoms with E-state index in [4.69, 9.17) is 18.9 Å². The molecule has 0 aromatic heterocycles. The van der Waals surface area contributed by atoms with E-state index in [1.807, 2.05) is 6.92 Å². The van der Waals surface area contributed by atoms with E-state index < -0.39 is 66.0 Å². The van der Waals surface area contributed by atoms with Gasteiger partial charge >= 0.3 is 6.09 Å². The van der Waals surface area contributed by atoms with Crippen molar-refractivity contribution in [3.63, 3.8) is 0 Å². The molecule has 0 spiro atoms. The van der Waals surface area contributed by atoms with E-state index in [1.54, 1.807) is 47.6 Å². The number of aliphatic hydroxyl groups excluding tert-OH is 1. The molecule has 1 aromatic carbocycles. The Bertz CT molecular complexity index is 986. The monoisotopic (exact) mass is 572 g/mol. The molecule has 0 bridgehead atoms. The maximum Gasteiger partial charge on any atom is 0.411 e. The molecule has 1 saturated heterocycles. The largest absolute Gasteiger partial charge is 0.493 e. The van der Waals surface area contributed by atoms with Gasteiger partial charge in [-0.05, 0) is 58.2 Å². The van der Waals surface area contributed by atoms with Crippen LogP contribution in [-0.4, -0.2) is 84.6 Å². The molecular formula is C29H46F2N2O7. The van der Waals surface area contributed by atoms with Gasteiger partial charge in [-0.15, -0.1) is 0 Å². The van der Waals surface area contributed by atoms with Crippen molar-refractivity contribution in [2.75, 3.05) is 26.5 Å². The van der Waals surface area contributed by atoms with Crippen LogP contribution in [0.25, 0.3) is 0 Å². The third kappa shape index (κ3) is 10.2. The second-order valence-corrected chi connectivity index (χ2v) is 12.2. The van der Waals surface area contributed by atoms with Gasteiger partial charge in [-0.1, -0.05) is 20.8 Å². The zero-order chi connectivity index (χ0) is 30.3. The number of amides is 2. The summed E-state index contributed by atoms with van der Waals surface area (Å²) in [7, 11) is 0. The van der Waals surface area contributed by atoms with E-state index in [0.29, 0.717) is 17.9 Å². The van der Waals surface area contributed by atoms with Gasteiger partial charge in [-0.2, -0.15) is 0 Å². The maximum atomic E-state index is 14.4. The van der Waals surface area contributed by atoms with Gasteiger partial charge in [0.25, 0.3) is 0 Å². The van der Waals surface area contributed by atoms with E-state index in [2.05, 4.69) is 5.32 Å². The maximum absolute atomic E-state index is 14.4. The highest BCUT2D eigenvalue weighted by molar-refractivity contribution is 5.73. The molecule has 1 heterocycles. The third-order valence-corrected chi connectivity index (χ3v) is 6.28. The predicted octanol–water partition coefficient (Wildman–Crippen LogP) is 4.39. The van der Waals surface area contributed by atoms with Crippen molar-refractivity contribution < 1.29 is 42.4 Å². The number of benzene rings is 1. The Morgan fingerprint density at radius 3 is 2.48 bits per heavy atom. The fraction of sp³-hybridized carbons (Fsp3) is 0.724. The fourth-order valence-electron chi connectivity index (χ4n) is 4.34. The zero-order valence-electron chi connectivity index (χ0n) is 25.0. The van der Waals surface area contributed by atoms with E-state index in [1.165, 1.54) is 24.0 Å². The Labute approximate surface area is 236 Å².